The molecule has 1 fully saturated rings. The lowest BCUT2D eigenvalue weighted by atomic mass is 9.92. The number of rotatable bonds is 4. The molecule has 0 aliphatic carbocycles. The summed E-state index contributed by atoms with van der Waals surface area (Å²) >= 11 is 0. The average molecular weight is 267 g/mol. The van der Waals surface area contributed by atoms with Gasteiger partial charge in [0.2, 0.25) is 5.91 Å². The van der Waals surface area contributed by atoms with E-state index in [1.807, 2.05) is 4.90 Å². The number of carbonyl (C=O) groups excluding carboxylic acids is 1. The van der Waals surface area contributed by atoms with E-state index in [4.69, 9.17) is 5.73 Å². The Balaban J connectivity index is 2.38. The first kappa shape index (κ1) is 15.2. The number of amides is 1. The molecule has 0 aromatic carbocycles. The van der Waals surface area contributed by atoms with Gasteiger partial charge in [0.15, 0.2) is 0 Å². The van der Waals surface area contributed by atoms with E-state index >= 15 is 0 Å². The van der Waals surface area contributed by atoms with Crippen LogP contribution in [0.1, 0.15) is 19.8 Å². The van der Waals surface area contributed by atoms with Gasteiger partial charge in [-0.05, 0) is 12.3 Å². The number of carbonyl (C=O) groups is 1. The molecule has 0 spiro atoms. The van der Waals surface area contributed by atoms with E-state index in [1.54, 1.807) is 0 Å². The standard InChI is InChI=1S/C11H20F3N3O/c1-8(18)16-2-3-17-6-9(4-10(15)7-17)5-11(12,13)14/h9-10H,2-7,15H2,1H3,(H,16,18). The summed E-state index contributed by atoms with van der Waals surface area (Å²) in [5.41, 5.74) is 5.77. The molecule has 0 aromatic rings. The first-order chi connectivity index (χ1) is 8.26. The molecule has 0 bridgehead atoms. The van der Waals surface area contributed by atoms with Crippen LogP contribution in [-0.4, -0.2) is 49.2 Å². The normalized spacial score (nSPS) is 26.1. The lowest BCUT2D eigenvalue weighted by molar-refractivity contribution is -0.148. The largest absolute Gasteiger partial charge is 0.389 e. The van der Waals surface area contributed by atoms with E-state index in [9.17, 15) is 18.0 Å². The number of alkyl halides is 3. The van der Waals surface area contributed by atoms with Crippen molar-refractivity contribution < 1.29 is 18.0 Å². The Morgan fingerprint density at radius 3 is 2.67 bits per heavy atom. The number of nitrogens with zero attached hydrogens (tertiary/aromatic N) is 1. The summed E-state index contributed by atoms with van der Waals surface area (Å²) < 4.78 is 37.0. The third kappa shape index (κ3) is 6.20. The highest BCUT2D eigenvalue weighted by molar-refractivity contribution is 5.72. The Morgan fingerprint density at radius 2 is 2.11 bits per heavy atom. The van der Waals surface area contributed by atoms with Crippen molar-refractivity contribution in [1.29, 1.82) is 0 Å². The smallest absolute Gasteiger partial charge is 0.355 e. The predicted molar refractivity (Wildman–Crippen MR) is 61.9 cm³/mol. The lowest BCUT2D eigenvalue weighted by Crippen LogP contribution is -2.49. The molecule has 1 aliphatic rings. The van der Waals surface area contributed by atoms with Gasteiger partial charge in [-0.2, -0.15) is 13.2 Å². The van der Waals surface area contributed by atoms with Crippen molar-refractivity contribution in [2.24, 2.45) is 11.7 Å². The highest BCUT2D eigenvalue weighted by Gasteiger charge is 2.35. The fourth-order valence-corrected chi connectivity index (χ4v) is 2.40. The molecule has 3 N–H and O–H groups in total. The van der Waals surface area contributed by atoms with Gasteiger partial charge in [0.25, 0.3) is 0 Å². The molecule has 0 aromatic heterocycles. The molecule has 2 unspecified atom stereocenters. The second kappa shape index (κ2) is 6.38. The van der Waals surface area contributed by atoms with Crippen LogP contribution < -0.4 is 11.1 Å². The highest BCUT2D eigenvalue weighted by atomic mass is 19.4. The lowest BCUT2D eigenvalue weighted by Gasteiger charge is -2.36. The van der Waals surface area contributed by atoms with Crippen molar-refractivity contribution in [3.8, 4) is 0 Å². The molecular weight excluding hydrogens is 247 g/mol. The summed E-state index contributed by atoms with van der Waals surface area (Å²) in [7, 11) is 0. The SMILES string of the molecule is CC(=O)NCCN1CC(N)CC(CC(F)(F)F)C1. The van der Waals surface area contributed by atoms with Gasteiger partial charge in [0.1, 0.15) is 0 Å². The fraction of sp³-hybridized carbons (Fsp3) is 0.909. The quantitative estimate of drug-likeness (QED) is 0.789. The van der Waals surface area contributed by atoms with Crippen molar-refractivity contribution in [2.75, 3.05) is 26.2 Å². The zero-order valence-electron chi connectivity index (χ0n) is 10.5. The topological polar surface area (TPSA) is 58.4 Å². The van der Waals surface area contributed by atoms with Gasteiger partial charge < -0.3 is 11.1 Å². The summed E-state index contributed by atoms with van der Waals surface area (Å²) in [5.74, 6) is -0.575. The molecule has 4 nitrogen and oxygen atoms in total. The Morgan fingerprint density at radius 1 is 1.44 bits per heavy atom. The Kier molecular flexibility index (Phi) is 5.40. The van der Waals surface area contributed by atoms with Crippen LogP contribution in [0.25, 0.3) is 0 Å². The number of nitrogens with two attached hydrogens (primary N) is 1. The minimum Gasteiger partial charge on any atom is -0.355 e. The maximum atomic E-state index is 12.3. The molecule has 1 heterocycles. The van der Waals surface area contributed by atoms with Crippen LogP contribution >= 0.6 is 0 Å². The summed E-state index contributed by atoms with van der Waals surface area (Å²) in [5, 5.41) is 2.63. The molecule has 2 atom stereocenters. The molecule has 1 rings (SSSR count). The van der Waals surface area contributed by atoms with Crippen LogP contribution in [0.3, 0.4) is 0 Å². The van der Waals surface area contributed by atoms with Crippen molar-refractivity contribution in [1.82, 2.24) is 10.2 Å². The third-order valence-electron chi connectivity index (χ3n) is 2.97. The maximum absolute atomic E-state index is 12.3. The van der Waals surface area contributed by atoms with Crippen LogP contribution in [-0.2, 0) is 4.79 Å². The van der Waals surface area contributed by atoms with Crippen LogP contribution in [0.4, 0.5) is 13.2 Å². The summed E-state index contributed by atoms with van der Waals surface area (Å²) in [4.78, 5) is 12.6. The van der Waals surface area contributed by atoms with Gasteiger partial charge in [-0.15, -0.1) is 0 Å². The van der Waals surface area contributed by atoms with Gasteiger partial charge >= 0.3 is 6.18 Å². The third-order valence-corrected chi connectivity index (χ3v) is 2.97. The van der Waals surface area contributed by atoms with Crippen molar-refractivity contribution in [3.05, 3.63) is 0 Å². The van der Waals surface area contributed by atoms with Crippen molar-refractivity contribution in [2.45, 2.75) is 32.0 Å². The van der Waals surface area contributed by atoms with E-state index < -0.39 is 18.5 Å². The molecule has 0 saturated carbocycles. The maximum Gasteiger partial charge on any atom is 0.389 e. The fourth-order valence-electron chi connectivity index (χ4n) is 2.40. The van der Waals surface area contributed by atoms with Crippen LogP contribution in [0.2, 0.25) is 0 Å². The van der Waals surface area contributed by atoms with Gasteiger partial charge in [0, 0.05) is 45.6 Å². The Labute approximate surface area is 105 Å². The second-order valence-corrected chi connectivity index (χ2v) is 4.92. The van der Waals surface area contributed by atoms with E-state index in [0.717, 1.165) is 0 Å². The predicted octanol–water partition coefficient (Wildman–Crippen LogP) is 0.724. The number of halogens is 3. The monoisotopic (exact) mass is 267 g/mol. The number of nitrogens with one attached hydrogen (secondary N) is 1. The highest BCUT2D eigenvalue weighted by Crippen LogP contribution is 2.29. The minimum atomic E-state index is -4.13. The summed E-state index contributed by atoms with van der Waals surface area (Å²) in [6.45, 7) is 3.39. The minimum absolute atomic E-state index is 0.136. The van der Waals surface area contributed by atoms with E-state index in [-0.39, 0.29) is 11.9 Å². The zero-order chi connectivity index (χ0) is 13.8. The zero-order valence-corrected chi connectivity index (χ0v) is 10.5. The molecule has 1 aliphatic heterocycles. The molecule has 1 saturated heterocycles. The van der Waals surface area contributed by atoms with Crippen LogP contribution in [0.5, 0.6) is 0 Å². The molecule has 0 radical (unpaired) electrons. The Bertz CT molecular complexity index is 283. The van der Waals surface area contributed by atoms with E-state index in [2.05, 4.69) is 5.32 Å². The van der Waals surface area contributed by atoms with Crippen LogP contribution in [0, 0.1) is 5.92 Å². The first-order valence-corrected chi connectivity index (χ1v) is 6.05. The van der Waals surface area contributed by atoms with Gasteiger partial charge in [-0.1, -0.05) is 0 Å². The van der Waals surface area contributed by atoms with Gasteiger partial charge in [-0.25, -0.2) is 0 Å². The summed E-state index contributed by atoms with van der Waals surface area (Å²) in [6.07, 6.45) is -4.50. The molecule has 7 heteroatoms. The van der Waals surface area contributed by atoms with E-state index in [1.165, 1.54) is 6.92 Å². The van der Waals surface area contributed by atoms with Crippen molar-refractivity contribution in [3.63, 3.8) is 0 Å². The average Bonchev–Trinajstić information content (AvgIpc) is 2.12. The molecular formula is C11H20F3N3O. The molecule has 1 amide bonds. The number of piperidine rings is 1. The van der Waals surface area contributed by atoms with Gasteiger partial charge in [-0.3, -0.25) is 9.69 Å². The molecule has 18 heavy (non-hydrogen) atoms. The van der Waals surface area contributed by atoms with Crippen LogP contribution in [0.15, 0.2) is 0 Å². The number of hydrogen-bond donors (Lipinski definition) is 2. The van der Waals surface area contributed by atoms with Crippen molar-refractivity contribution >= 4 is 5.91 Å². The Hall–Kier alpha value is -0.820. The first-order valence-electron chi connectivity index (χ1n) is 6.05. The summed E-state index contributed by atoms with van der Waals surface area (Å²) in [6, 6.07) is -0.219. The number of likely N-dealkylation sites (tertiary alicyclic amines) is 1. The second-order valence-electron chi connectivity index (χ2n) is 4.92. The van der Waals surface area contributed by atoms with Gasteiger partial charge in [0.05, 0.1) is 0 Å². The number of hydrogen-bond acceptors (Lipinski definition) is 3. The van der Waals surface area contributed by atoms with E-state index in [0.29, 0.717) is 32.6 Å². The molecule has 106 valence electrons.